The number of pyridine rings is 1. The third-order valence-electron chi connectivity index (χ3n) is 3.84. The first-order valence-electron chi connectivity index (χ1n) is 7.31. The van der Waals surface area contributed by atoms with Crippen molar-refractivity contribution in [3.8, 4) is 5.75 Å². The van der Waals surface area contributed by atoms with Gasteiger partial charge in [0.15, 0.2) is 0 Å². The van der Waals surface area contributed by atoms with Crippen LogP contribution in [0.1, 0.15) is 36.0 Å². The van der Waals surface area contributed by atoms with Gasteiger partial charge in [-0.25, -0.2) is 4.98 Å². The molecule has 0 aliphatic carbocycles. The van der Waals surface area contributed by atoms with Gasteiger partial charge in [0.05, 0.1) is 19.3 Å². The number of rotatable bonds is 6. The second-order valence-corrected chi connectivity index (χ2v) is 5.39. The van der Waals surface area contributed by atoms with Gasteiger partial charge in [0.1, 0.15) is 11.6 Å². The van der Waals surface area contributed by atoms with E-state index in [1.54, 1.807) is 7.11 Å². The molecule has 0 aliphatic rings. The van der Waals surface area contributed by atoms with Crippen LogP contribution >= 0.6 is 0 Å². The van der Waals surface area contributed by atoms with E-state index in [9.17, 15) is 0 Å². The Labute approximate surface area is 126 Å². The molecule has 0 radical (unpaired) electrons. The fourth-order valence-electron chi connectivity index (χ4n) is 2.44. The van der Waals surface area contributed by atoms with Crippen molar-refractivity contribution in [1.29, 1.82) is 0 Å². The summed E-state index contributed by atoms with van der Waals surface area (Å²) in [4.78, 5) is 8.96. The Morgan fingerprint density at radius 2 is 2.10 bits per heavy atom. The van der Waals surface area contributed by atoms with Gasteiger partial charge in [0, 0.05) is 42.2 Å². The highest BCUT2D eigenvalue weighted by Gasteiger charge is 2.13. The molecule has 21 heavy (non-hydrogen) atoms. The Kier molecular flexibility index (Phi) is 4.96. The molecule has 0 aliphatic heterocycles. The third-order valence-corrected chi connectivity index (χ3v) is 3.84. The molecular formula is C16H24N4O. The van der Waals surface area contributed by atoms with E-state index in [1.807, 2.05) is 32.4 Å². The maximum Gasteiger partial charge on any atom is 0.128 e. The minimum absolute atomic E-state index is 0.146. The zero-order valence-electron chi connectivity index (χ0n) is 13.3. The molecule has 2 aromatic heterocycles. The van der Waals surface area contributed by atoms with Crippen molar-refractivity contribution >= 4 is 0 Å². The summed E-state index contributed by atoms with van der Waals surface area (Å²) in [6.45, 7) is 6.83. The fourth-order valence-corrected chi connectivity index (χ4v) is 2.44. The number of nitrogens with two attached hydrogens (primary N) is 1. The van der Waals surface area contributed by atoms with Gasteiger partial charge < -0.3 is 15.0 Å². The highest BCUT2D eigenvalue weighted by atomic mass is 16.5. The number of hydrogen-bond acceptors (Lipinski definition) is 4. The van der Waals surface area contributed by atoms with E-state index >= 15 is 0 Å². The molecular weight excluding hydrogens is 264 g/mol. The lowest BCUT2D eigenvalue weighted by molar-refractivity contribution is 0.406. The van der Waals surface area contributed by atoms with Crippen LogP contribution < -0.4 is 10.5 Å². The third kappa shape index (κ3) is 3.42. The van der Waals surface area contributed by atoms with Crippen molar-refractivity contribution in [1.82, 2.24) is 14.5 Å². The molecule has 2 heterocycles. The minimum atomic E-state index is 0.146. The van der Waals surface area contributed by atoms with E-state index in [1.165, 1.54) is 0 Å². The average Bonchev–Trinajstić information content (AvgIpc) is 2.89. The highest BCUT2D eigenvalue weighted by molar-refractivity contribution is 5.41. The van der Waals surface area contributed by atoms with Crippen LogP contribution in [0.2, 0.25) is 0 Å². The Morgan fingerprint density at radius 3 is 2.76 bits per heavy atom. The number of nitrogens with zero attached hydrogens (tertiary/aromatic N) is 3. The summed E-state index contributed by atoms with van der Waals surface area (Å²) in [6.07, 6.45) is 7.38. The number of ether oxygens (including phenoxy) is 1. The van der Waals surface area contributed by atoms with E-state index in [0.717, 1.165) is 41.2 Å². The van der Waals surface area contributed by atoms with Crippen molar-refractivity contribution in [2.75, 3.05) is 7.11 Å². The van der Waals surface area contributed by atoms with Crippen LogP contribution in [0.5, 0.6) is 5.75 Å². The van der Waals surface area contributed by atoms with Crippen LogP contribution in [-0.4, -0.2) is 27.7 Å². The van der Waals surface area contributed by atoms with E-state index < -0.39 is 0 Å². The average molecular weight is 288 g/mol. The lowest BCUT2D eigenvalue weighted by Gasteiger charge is -2.15. The predicted octanol–water partition coefficient (Wildman–Crippen LogP) is 2.23. The predicted molar refractivity (Wildman–Crippen MR) is 83.6 cm³/mol. The summed E-state index contributed by atoms with van der Waals surface area (Å²) in [5, 5.41) is 0. The summed E-state index contributed by atoms with van der Waals surface area (Å²) in [5.41, 5.74) is 9.17. The summed E-state index contributed by atoms with van der Waals surface area (Å²) in [6, 6.07) is 0.146. The zero-order valence-corrected chi connectivity index (χ0v) is 13.3. The van der Waals surface area contributed by atoms with E-state index in [2.05, 4.69) is 21.5 Å². The van der Waals surface area contributed by atoms with Crippen LogP contribution in [0.4, 0.5) is 0 Å². The van der Waals surface area contributed by atoms with Crippen molar-refractivity contribution < 1.29 is 4.74 Å². The number of aryl methyl sites for hydroxylation is 1. The molecule has 0 amide bonds. The van der Waals surface area contributed by atoms with Crippen molar-refractivity contribution in [2.45, 2.75) is 46.2 Å². The number of hydrogen-bond donors (Lipinski definition) is 1. The van der Waals surface area contributed by atoms with E-state index in [-0.39, 0.29) is 6.04 Å². The molecule has 0 saturated carbocycles. The van der Waals surface area contributed by atoms with Gasteiger partial charge in [-0.2, -0.15) is 0 Å². The Morgan fingerprint density at radius 1 is 1.33 bits per heavy atom. The first-order chi connectivity index (χ1) is 10.1. The summed E-state index contributed by atoms with van der Waals surface area (Å²) in [5.74, 6) is 1.91. The fraction of sp³-hybridized carbons (Fsp3) is 0.500. The lowest BCUT2D eigenvalue weighted by atomic mass is 10.1. The molecule has 0 fully saturated rings. The number of imidazole rings is 1. The van der Waals surface area contributed by atoms with Crippen LogP contribution in [0, 0.1) is 13.8 Å². The van der Waals surface area contributed by atoms with Gasteiger partial charge in [-0.1, -0.05) is 6.92 Å². The monoisotopic (exact) mass is 288 g/mol. The molecule has 114 valence electrons. The Bertz CT molecular complexity index is 606. The molecule has 5 heteroatoms. The molecule has 0 saturated heterocycles. The lowest BCUT2D eigenvalue weighted by Crippen LogP contribution is -2.23. The largest absolute Gasteiger partial charge is 0.496 e. The SMILES string of the molecule is CCC(N)Cc1nccn1Cc1ncc(C)c(OC)c1C. The standard InChI is InChI=1S/C16H24N4O/c1-5-13(17)8-15-18-6-7-20(15)10-14-12(3)16(21-4)11(2)9-19-14/h6-7,9,13H,5,8,10,17H2,1-4H3. The summed E-state index contributed by atoms with van der Waals surface area (Å²) >= 11 is 0. The second kappa shape index (κ2) is 6.72. The molecule has 5 nitrogen and oxygen atoms in total. The second-order valence-electron chi connectivity index (χ2n) is 5.39. The van der Waals surface area contributed by atoms with Crippen LogP contribution in [0.25, 0.3) is 0 Å². The van der Waals surface area contributed by atoms with Gasteiger partial charge in [-0.3, -0.25) is 4.98 Å². The molecule has 2 N–H and O–H groups in total. The van der Waals surface area contributed by atoms with Crippen LogP contribution in [0.3, 0.4) is 0 Å². The molecule has 2 rings (SSSR count). The minimum Gasteiger partial charge on any atom is -0.496 e. The number of aromatic nitrogens is 3. The normalized spacial score (nSPS) is 12.4. The first kappa shape index (κ1) is 15.5. The van der Waals surface area contributed by atoms with Crippen LogP contribution in [0.15, 0.2) is 18.6 Å². The molecule has 1 unspecified atom stereocenters. The Hall–Kier alpha value is -1.88. The van der Waals surface area contributed by atoms with Gasteiger partial charge in [-0.05, 0) is 20.3 Å². The summed E-state index contributed by atoms with van der Waals surface area (Å²) in [7, 11) is 1.70. The van der Waals surface area contributed by atoms with Gasteiger partial charge in [0.2, 0.25) is 0 Å². The molecule has 0 bridgehead atoms. The van der Waals surface area contributed by atoms with Gasteiger partial charge in [0.25, 0.3) is 0 Å². The van der Waals surface area contributed by atoms with Crippen molar-refractivity contribution in [2.24, 2.45) is 5.73 Å². The quantitative estimate of drug-likeness (QED) is 0.885. The van der Waals surface area contributed by atoms with Crippen molar-refractivity contribution in [3.05, 3.63) is 41.2 Å². The molecule has 1 atom stereocenters. The van der Waals surface area contributed by atoms with E-state index in [0.29, 0.717) is 6.54 Å². The topological polar surface area (TPSA) is 66.0 Å². The van der Waals surface area contributed by atoms with Crippen molar-refractivity contribution in [3.63, 3.8) is 0 Å². The van der Waals surface area contributed by atoms with Crippen LogP contribution in [-0.2, 0) is 13.0 Å². The maximum atomic E-state index is 6.03. The summed E-state index contributed by atoms with van der Waals surface area (Å²) < 4.78 is 7.57. The van der Waals surface area contributed by atoms with Gasteiger partial charge in [-0.15, -0.1) is 0 Å². The Balaban J connectivity index is 2.25. The molecule has 0 spiro atoms. The first-order valence-corrected chi connectivity index (χ1v) is 7.31. The highest BCUT2D eigenvalue weighted by Crippen LogP contribution is 2.24. The van der Waals surface area contributed by atoms with E-state index in [4.69, 9.17) is 10.5 Å². The smallest absolute Gasteiger partial charge is 0.128 e. The maximum absolute atomic E-state index is 6.03. The number of methoxy groups -OCH3 is 1. The molecule has 2 aromatic rings. The zero-order chi connectivity index (χ0) is 15.4. The van der Waals surface area contributed by atoms with Gasteiger partial charge >= 0.3 is 0 Å². The molecule has 0 aromatic carbocycles.